The largest absolute Gasteiger partial charge is 0.240 e. The molecule has 0 saturated carbocycles. The van der Waals surface area contributed by atoms with Gasteiger partial charge in [0.15, 0.2) is 0 Å². The summed E-state index contributed by atoms with van der Waals surface area (Å²) in [5, 5.41) is 0. The first-order valence-electron chi connectivity index (χ1n) is 8.28. The Hall–Kier alpha value is -2.48. The van der Waals surface area contributed by atoms with Gasteiger partial charge >= 0.3 is 0 Å². The van der Waals surface area contributed by atoms with E-state index < -0.39 is 0 Å². The van der Waals surface area contributed by atoms with Crippen LogP contribution in [-0.2, 0) is 0 Å². The molecular weight excluding hydrogens is 280 g/mol. The van der Waals surface area contributed by atoms with E-state index in [1.165, 1.54) is 22.4 Å². The second kappa shape index (κ2) is 5.96. The van der Waals surface area contributed by atoms with Gasteiger partial charge in [0.1, 0.15) is 6.33 Å². The molecule has 0 spiro atoms. The van der Waals surface area contributed by atoms with E-state index in [2.05, 4.69) is 77.6 Å². The van der Waals surface area contributed by atoms with Crippen molar-refractivity contribution in [3.63, 3.8) is 0 Å². The molecule has 2 atom stereocenters. The minimum absolute atomic E-state index is 0.342. The molecular formula is C21H20N2. The number of allylic oxidation sites excluding steroid dienone is 5. The van der Waals surface area contributed by atoms with Crippen molar-refractivity contribution in [3.8, 4) is 0 Å². The summed E-state index contributed by atoms with van der Waals surface area (Å²) in [5.74, 6) is 0.828. The molecule has 23 heavy (non-hydrogen) atoms. The summed E-state index contributed by atoms with van der Waals surface area (Å²) >= 11 is 0. The van der Waals surface area contributed by atoms with Crippen molar-refractivity contribution in [2.45, 2.75) is 31.6 Å². The van der Waals surface area contributed by atoms with Crippen LogP contribution < -0.4 is 0 Å². The van der Waals surface area contributed by atoms with Gasteiger partial charge in [-0.25, -0.2) is 9.97 Å². The van der Waals surface area contributed by atoms with Crippen molar-refractivity contribution in [1.82, 2.24) is 9.97 Å². The Morgan fingerprint density at radius 1 is 0.957 bits per heavy atom. The van der Waals surface area contributed by atoms with Gasteiger partial charge in [0.2, 0.25) is 0 Å². The third-order valence-electron chi connectivity index (χ3n) is 4.74. The minimum atomic E-state index is 0.342. The second-order valence-corrected chi connectivity index (χ2v) is 6.32. The van der Waals surface area contributed by atoms with E-state index in [1.807, 2.05) is 0 Å². The molecule has 2 aromatic rings. The summed E-state index contributed by atoms with van der Waals surface area (Å²) in [5.41, 5.74) is 6.17. The van der Waals surface area contributed by atoms with Gasteiger partial charge in [-0.15, -0.1) is 0 Å². The van der Waals surface area contributed by atoms with E-state index in [1.54, 1.807) is 6.33 Å². The zero-order valence-corrected chi connectivity index (χ0v) is 13.3. The standard InChI is InChI=1S/C21H20N2/c1-15-6-5-9-19-20(15)22-14-23-21(19)18-12-10-17(11-13-18)16-7-3-2-4-8-16/h2-5,7-12,14-15,18H,6,13H2,1H3. The van der Waals surface area contributed by atoms with E-state index in [0.29, 0.717) is 11.8 Å². The fraction of sp³-hybridized carbons (Fsp3) is 0.238. The molecule has 2 nitrogen and oxygen atoms in total. The molecule has 0 fully saturated rings. The van der Waals surface area contributed by atoms with Crippen LogP contribution >= 0.6 is 0 Å². The molecule has 2 unspecified atom stereocenters. The molecule has 2 aliphatic rings. The van der Waals surface area contributed by atoms with Gasteiger partial charge in [-0.1, -0.05) is 67.6 Å². The van der Waals surface area contributed by atoms with Crippen molar-refractivity contribution in [2.24, 2.45) is 0 Å². The molecule has 0 amide bonds. The highest BCUT2D eigenvalue weighted by atomic mass is 14.9. The highest BCUT2D eigenvalue weighted by molar-refractivity contribution is 5.75. The highest BCUT2D eigenvalue weighted by Gasteiger charge is 2.22. The second-order valence-electron chi connectivity index (χ2n) is 6.32. The molecule has 2 aliphatic carbocycles. The summed E-state index contributed by atoms with van der Waals surface area (Å²) in [4.78, 5) is 9.12. The summed E-state index contributed by atoms with van der Waals surface area (Å²) in [6, 6.07) is 10.5. The number of hydrogen-bond donors (Lipinski definition) is 0. The lowest BCUT2D eigenvalue weighted by atomic mass is 9.85. The van der Waals surface area contributed by atoms with Crippen LogP contribution in [0.5, 0.6) is 0 Å². The quantitative estimate of drug-likeness (QED) is 0.769. The maximum Gasteiger partial charge on any atom is 0.116 e. The zero-order chi connectivity index (χ0) is 15.6. The Bertz CT molecular complexity index is 800. The Kier molecular flexibility index (Phi) is 3.66. The number of nitrogens with zero attached hydrogens (tertiary/aromatic N) is 2. The van der Waals surface area contributed by atoms with Crippen LogP contribution in [0.15, 0.2) is 61.0 Å². The molecule has 2 heteroatoms. The van der Waals surface area contributed by atoms with Gasteiger partial charge in [0.05, 0.1) is 11.4 Å². The van der Waals surface area contributed by atoms with Crippen LogP contribution in [0.2, 0.25) is 0 Å². The molecule has 1 aromatic carbocycles. The van der Waals surface area contributed by atoms with E-state index in [-0.39, 0.29) is 0 Å². The topological polar surface area (TPSA) is 25.8 Å². The summed E-state index contributed by atoms with van der Waals surface area (Å²) in [6.07, 6.45) is 15.1. The number of hydrogen-bond acceptors (Lipinski definition) is 2. The SMILES string of the molecule is CC1CC=Cc2c1ncnc2C1C=CC(c2ccccc2)=CC1. The molecule has 0 bridgehead atoms. The average Bonchev–Trinajstić information content (AvgIpc) is 2.63. The van der Waals surface area contributed by atoms with Crippen molar-refractivity contribution >= 4 is 11.6 Å². The first-order chi connectivity index (χ1) is 11.3. The van der Waals surface area contributed by atoms with E-state index >= 15 is 0 Å². The lowest BCUT2D eigenvalue weighted by Crippen LogP contribution is -2.11. The van der Waals surface area contributed by atoms with Gasteiger partial charge in [-0.3, -0.25) is 0 Å². The van der Waals surface area contributed by atoms with E-state index in [0.717, 1.165) is 18.5 Å². The Morgan fingerprint density at radius 2 is 1.78 bits per heavy atom. The van der Waals surface area contributed by atoms with Crippen LogP contribution in [0.3, 0.4) is 0 Å². The summed E-state index contributed by atoms with van der Waals surface area (Å²) in [7, 11) is 0. The van der Waals surface area contributed by atoms with Crippen molar-refractivity contribution in [1.29, 1.82) is 0 Å². The predicted octanol–water partition coefficient (Wildman–Crippen LogP) is 5.12. The monoisotopic (exact) mass is 300 g/mol. The van der Waals surface area contributed by atoms with Crippen molar-refractivity contribution in [2.75, 3.05) is 0 Å². The predicted molar refractivity (Wildman–Crippen MR) is 95.0 cm³/mol. The van der Waals surface area contributed by atoms with Gasteiger partial charge in [-0.05, 0) is 24.0 Å². The number of benzene rings is 1. The van der Waals surface area contributed by atoms with Crippen molar-refractivity contribution < 1.29 is 0 Å². The Morgan fingerprint density at radius 3 is 2.57 bits per heavy atom. The van der Waals surface area contributed by atoms with Gasteiger partial charge in [-0.2, -0.15) is 0 Å². The maximum atomic E-state index is 4.61. The van der Waals surface area contributed by atoms with Crippen LogP contribution in [0.25, 0.3) is 11.6 Å². The summed E-state index contributed by atoms with van der Waals surface area (Å²) in [6.45, 7) is 2.24. The van der Waals surface area contributed by atoms with Crippen LogP contribution in [0.4, 0.5) is 0 Å². The first kappa shape index (κ1) is 14.1. The van der Waals surface area contributed by atoms with Crippen LogP contribution in [0, 0.1) is 0 Å². The molecule has 0 N–H and O–H groups in total. The maximum absolute atomic E-state index is 4.61. The lowest BCUT2D eigenvalue weighted by Gasteiger charge is -2.22. The molecule has 1 heterocycles. The van der Waals surface area contributed by atoms with Gasteiger partial charge < -0.3 is 0 Å². The molecule has 1 aromatic heterocycles. The molecule has 0 saturated heterocycles. The van der Waals surface area contributed by atoms with Crippen molar-refractivity contribution in [3.05, 3.63) is 83.5 Å². The molecule has 0 aliphatic heterocycles. The van der Waals surface area contributed by atoms with E-state index in [4.69, 9.17) is 0 Å². The van der Waals surface area contributed by atoms with E-state index in [9.17, 15) is 0 Å². The van der Waals surface area contributed by atoms with Crippen LogP contribution in [-0.4, -0.2) is 9.97 Å². The summed E-state index contributed by atoms with van der Waals surface area (Å²) < 4.78 is 0. The normalized spacial score (nSPS) is 22.6. The number of rotatable bonds is 2. The smallest absolute Gasteiger partial charge is 0.116 e. The van der Waals surface area contributed by atoms with Gasteiger partial charge in [0.25, 0.3) is 0 Å². The third kappa shape index (κ3) is 2.65. The fourth-order valence-corrected chi connectivity index (χ4v) is 3.45. The Labute approximate surface area is 137 Å². The fourth-order valence-electron chi connectivity index (χ4n) is 3.45. The average molecular weight is 300 g/mol. The van der Waals surface area contributed by atoms with Gasteiger partial charge in [0, 0.05) is 17.4 Å². The minimum Gasteiger partial charge on any atom is -0.240 e. The number of fused-ring (bicyclic) bond motifs is 1. The first-order valence-corrected chi connectivity index (χ1v) is 8.28. The number of aromatic nitrogens is 2. The highest BCUT2D eigenvalue weighted by Crippen LogP contribution is 2.35. The zero-order valence-electron chi connectivity index (χ0n) is 13.3. The van der Waals surface area contributed by atoms with Crippen LogP contribution in [0.1, 0.15) is 54.1 Å². The lowest BCUT2D eigenvalue weighted by molar-refractivity contribution is 0.713. The third-order valence-corrected chi connectivity index (χ3v) is 4.74. The molecule has 0 radical (unpaired) electrons. The molecule has 114 valence electrons. The Balaban J connectivity index is 1.63. The molecule has 4 rings (SSSR count).